The summed E-state index contributed by atoms with van der Waals surface area (Å²) >= 11 is 0. The number of rotatable bonds is 2. The van der Waals surface area contributed by atoms with Gasteiger partial charge < -0.3 is 9.47 Å². The van der Waals surface area contributed by atoms with Gasteiger partial charge in [0.15, 0.2) is 0 Å². The Bertz CT molecular complexity index is 199. The lowest BCUT2D eigenvalue weighted by Crippen LogP contribution is -2.25. The summed E-state index contributed by atoms with van der Waals surface area (Å²) < 4.78 is 9.26. The van der Waals surface area contributed by atoms with E-state index in [9.17, 15) is 9.59 Å². The maximum absolute atomic E-state index is 11.0. The van der Waals surface area contributed by atoms with Crippen molar-refractivity contribution in [1.82, 2.24) is 0 Å². The molecule has 1 saturated heterocycles. The molecule has 0 unspecified atom stereocenters. The molecule has 0 spiro atoms. The molecule has 0 aliphatic carbocycles. The van der Waals surface area contributed by atoms with E-state index in [0.717, 1.165) is 0 Å². The fourth-order valence-electron chi connectivity index (χ4n) is 1.32. The smallest absolute Gasteiger partial charge is 0.309 e. The Kier molecular flexibility index (Phi) is 2.68. The molecule has 4 heteroatoms. The van der Waals surface area contributed by atoms with Crippen molar-refractivity contribution in [1.29, 1.82) is 0 Å². The number of methoxy groups -OCH3 is 1. The Morgan fingerprint density at radius 2 is 2.42 bits per heavy atom. The molecule has 1 aliphatic heterocycles. The van der Waals surface area contributed by atoms with Crippen LogP contribution in [-0.4, -0.2) is 25.7 Å². The Balaban J connectivity index is 2.57. The van der Waals surface area contributed by atoms with Crippen LogP contribution in [0.2, 0.25) is 0 Å². The summed E-state index contributed by atoms with van der Waals surface area (Å²) in [6.45, 7) is 2.11. The van der Waals surface area contributed by atoms with Gasteiger partial charge in [-0.05, 0) is 6.42 Å². The molecule has 0 bridgehead atoms. The second kappa shape index (κ2) is 3.56. The highest BCUT2D eigenvalue weighted by Gasteiger charge is 2.35. The summed E-state index contributed by atoms with van der Waals surface area (Å²) in [5.41, 5.74) is 0. The van der Waals surface area contributed by atoms with E-state index >= 15 is 0 Å². The Morgan fingerprint density at radius 1 is 1.75 bits per heavy atom. The predicted octanol–water partition coefficient (Wildman–Crippen LogP) is 0.359. The fourth-order valence-corrected chi connectivity index (χ4v) is 1.32. The van der Waals surface area contributed by atoms with Gasteiger partial charge in [-0.3, -0.25) is 9.59 Å². The van der Waals surface area contributed by atoms with Crippen LogP contribution in [0.25, 0.3) is 0 Å². The molecule has 0 aromatic carbocycles. The molecular formula is C8H12O4. The molecule has 2 atom stereocenters. The molecule has 1 rings (SSSR count). The predicted molar refractivity (Wildman–Crippen MR) is 40.2 cm³/mol. The van der Waals surface area contributed by atoms with Crippen molar-refractivity contribution in [3.05, 3.63) is 0 Å². The molecule has 0 radical (unpaired) electrons. The molecule has 0 amide bonds. The Morgan fingerprint density at radius 3 is 2.83 bits per heavy atom. The monoisotopic (exact) mass is 172 g/mol. The first-order valence-electron chi connectivity index (χ1n) is 3.91. The first-order valence-corrected chi connectivity index (χ1v) is 3.91. The zero-order valence-corrected chi connectivity index (χ0v) is 7.20. The Labute approximate surface area is 70.8 Å². The van der Waals surface area contributed by atoms with Crippen LogP contribution in [0, 0.1) is 11.8 Å². The molecule has 4 nitrogen and oxygen atoms in total. The summed E-state index contributed by atoms with van der Waals surface area (Å²) in [6, 6.07) is 0. The number of cyclic esters (lactones) is 1. The summed E-state index contributed by atoms with van der Waals surface area (Å²) in [4.78, 5) is 22.0. The lowest BCUT2D eigenvalue weighted by Gasteiger charge is -2.11. The molecule has 1 aliphatic rings. The van der Waals surface area contributed by atoms with E-state index in [1.54, 1.807) is 6.92 Å². The van der Waals surface area contributed by atoms with Gasteiger partial charge in [-0.25, -0.2) is 0 Å². The van der Waals surface area contributed by atoms with Gasteiger partial charge in [0.25, 0.3) is 0 Å². The summed E-state index contributed by atoms with van der Waals surface area (Å²) in [5, 5.41) is 0. The SMILES string of the molecule is COC(=O)[C@@H](C)[C@@H]1CCOC1=O. The lowest BCUT2D eigenvalue weighted by molar-refractivity contribution is -0.153. The number of esters is 2. The van der Waals surface area contributed by atoms with Crippen LogP contribution in [-0.2, 0) is 19.1 Å². The van der Waals surface area contributed by atoms with Gasteiger partial charge >= 0.3 is 11.9 Å². The molecule has 0 N–H and O–H groups in total. The molecule has 1 heterocycles. The van der Waals surface area contributed by atoms with E-state index in [1.165, 1.54) is 7.11 Å². The van der Waals surface area contributed by atoms with Gasteiger partial charge in [-0.15, -0.1) is 0 Å². The molecule has 0 aromatic rings. The highest BCUT2D eigenvalue weighted by molar-refractivity contribution is 5.82. The van der Waals surface area contributed by atoms with Gasteiger partial charge in [0.1, 0.15) is 0 Å². The first kappa shape index (κ1) is 9.03. The van der Waals surface area contributed by atoms with Crippen LogP contribution < -0.4 is 0 Å². The second-order valence-corrected chi connectivity index (χ2v) is 2.87. The zero-order chi connectivity index (χ0) is 9.14. The quantitative estimate of drug-likeness (QED) is 0.564. The number of hydrogen-bond donors (Lipinski definition) is 0. The van der Waals surface area contributed by atoms with Gasteiger partial charge in [-0.2, -0.15) is 0 Å². The maximum atomic E-state index is 11.0. The molecule has 0 saturated carbocycles. The molecule has 1 fully saturated rings. The topological polar surface area (TPSA) is 52.6 Å². The minimum Gasteiger partial charge on any atom is -0.469 e. The average Bonchev–Trinajstić information content (AvgIpc) is 2.48. The molecule has 12 heavy (non-hydrogen) atoms. The summed E-state index contributed by atoms with van der Waals surface area (Å²) in [5.74, 6) is -1.32. The average molecular weight is 172 g/mol. The number of carbonyl (C=O) groups is 2. The number of ether oxygens (including phenoxy) is 2. The van der Waals surface area contributed by atoms with Gasteiger partial charge in [0, 0.05) is 0 Å². The standard InChI is InChI=1S/C8H12O4/c1-5(7(9)11-2)6-3-4-12-8(6)10/h5-6H,3-4H2,1-2H3/t5-,6-/m0/s1. The van der Waals surface area contributed by atoms with E-state index in [4.69, 9.17) is 4.74 Å². The zero-order valence-electron chi connectivity index (χ0n) is 7.20. The third kappa shape index (κ3) is 1.57. The van der Waals surface area contributed by atoms with Crippen molar-refractivity contribution in [3.8, 4) is 0 Å². The molecular weight excluding hydrogens is 160 g/mol. The third-order valence-electron chi connectivity index (χ3n) is 2.15. The molecule has 0 aromatic heterocycles. The minimum atomic E-state index is -0.384. The van der Waals surface area contributed by atoms with Crippen LogP contribution in [0.4, 0.5) is 0 Å². The maximum Gasteiger partial charge on any atom is 0.309 e. The minimum absolute atomic E-state index is 0.284. The second-order valence-electron chi connectivity index (χ2n) is 2.87. The van der Waals surface area contributed by atoms with Gasteiger partial charge in [0.2, 0.25) is 0 Å². The largest absolute Gasteiger partial charge is 0.469 e. The van der Waals surface area contributed by atoms with Gasteiger partial charge in [0.05, 0.1) is 25.6 Å². The molecule has 68 valence electrons. The Hall–Kier alpha value is -1.06. The van der Waals surface area contributed by atoms with Crippen LogP contribution in [0.1, 0.15) is 13.3 Å². The van der Waals surface area contributed by atoms with Crippen LogP contribution in [0.5, 0.6) is 0 Å². The van der Waals surface area contributed by atoms with Crippen molar-refractivity contribution in [2.75, 3.05) is 13.7 Å². The van der Waals surface area contributed by atoms with Crippen molar-refractivity contribution in [2.24, 2.45) is 11.8 Å². The summed E-state index contributed by atoms with van der Waals surface area (Å²) in [6.07, 6.45) is 0.620. The fraction of sp³-hybridized carbons (Fsp3) is 0.750. The number of carbonyl (C=O) groups excluding carboxylic acids is 2. The van der Waals surface area contributed by atoms with E-state index in [-0.39, 0.29) is 23.8 Å². The van der Waals surface area contributed by atoms with Crippen LogP contribution >= 0.6 is 0 Å². The van der Waals surface area contributed by atoms with E-state index in [2.05, 4.69) is 4.74 Å². The van der Waals surface area contributed by atoms with Crippen LogP contribution in [0.3, 0.4) is 0 Å². The van der Waals surface area contributed by atoms with E-state index < -0.39 is 0 Å². The van der Waals surface area contributed by atoms with Crippen LogP contribution in [0.15, 0.2) is 0 Å². The normalized spacial score (nSPS) is 24.8. The highest BCUT2D eigenvalue weighted by atomic mass is 16.5. The van der Waals surface area contributed by atoms with E-state index in [1.807, 2.05) is 0 Å². The lowest BCUT2D eigenvalue weighted by atomic mass is 9.93. The van der Waals surface area contributed by atoms with Crippen molar-refractivity contribution in [2.45, 2.75) is 13.3 Å². The van der Waals surface area contributed by atoms with Gasteiger partial charge in [-0.1, -0.05) is 6.92 Å². The number of hydrogen-bond acceptors (Lipinski definition) is 4. The summed E-state index contributed by atoms with van der Waals surface area (Å²) in [7, 11) is 1.32. The first-order chi connectivity index (χ1) is 5.66. The van der Waals surface area contributed by atoms with Crippen molar-refractivity contribution >= 4 is 11.9 Å². The third-order valence-corrected chi connectivity index (χ3v) is 2.15. The van der Waals surface area contributed by atoms with Crippen molar-refractivity contribution < 1.29 is 19.1 Å². The van der Waals surface area contributed by atoms with E-state index in [0.29, 0.717) is 13.0 Å². The van der Waals surface area contributed by atoms with Crippen molar-refractivity contribution in [3.63, 3.8) is 0 Å². The highest BCUT2D eigenvalue weighted by Crippen LogP contribution is 2.23.